The molecule has 0 bridgehead atoms. The van der Waals surface area contributed by atoms with Crippen molar-refractivity contribution >= 4 is 0 Å². The molecule has 15 heavy (non-hydrogen) atoms. The highest BCUT2D eigenvalue weighted by molar-refractivity contribution is 5.01. The molecule has 1 nitrogen and oxygen atoms in total. The van der Waals surface area contributed by atoms with Crippen LogP contribution in [0.4, 0.5) is 0 Å². The summed E-state index contributed by atoms with van der Waals surface area (Å²) in [5.74, 6) is 1.83. The first-order chi connectivity index (χ1) is 6.97. The lowest BCUT2D eigenvalue weighted by Gasteiger charge is -2.45. The van der Waals surface area contributed by atoms with Gasteiger partial charge in [-0.1, -0.05) is 13.8 Å². The Kier molecular flexibility index (Phi) is 2.87. The Balaban J connectivity index is 2.03. The SMILES string of the molecule is CC(C)C1CCC2(CCOC2(C)C)CC1. The van der Waals surface area contributed by atoms with Crippen LogP contribution >= 0.6 is 0 Å². The van der Waals surface area contributed by atoms with Gasteiger partial charge in [0.25, 0.3) is 0 Å². The summed E-state index contributed by atoms with van der Waals surface area (Å²) in [4.78, 5) is 0. The Labute approximate surface area is 94.6 Å². The third-order valence-electron chi connectivity index (χ3n) is 5.25. The average Bonchev–Trinajstić information content (AvgIpc) is 2.43. The van der Waals surface area contributed by atoms with Crippen molar-refractivity contribution in [1.82, 2.24) is 0 Å². The number of hydrogen-bond acceptors (Lipinski definition) is 1. The molecule has 0 aromatic rings. The third-order valence-corrected chi connectivity index (χ3v) is 5.25. The Morgan fingerprint density at radius 1 is 1.07 bits per heavy atom. The van der Waals surface area contributed by atoms with Crippen LogP contribution in [-0.2, 0) is 4.74 Å². The molecule has 0 atom stereocenters. The van der Waals surface area contributed by atoms with Crippen molar-refractivity contribution in [2.75, 3.05) is 6.61 Å². The van der Waals surface area contributed by atoms with Crippen molar-refractivity contribution in [2.45, 2.75) is 65.4 Å². The van der Waals surface area contributed by atoms with Crippen molar-refractivity contribution in [2.24, 2.45) is 17.3 Å². The molecule has 1 spiro atoms. The molecule has 0 unspecified atom stereocenters. The Bertz CT molecular complexity index is 221. The summed E-state index contributed by atoms with van der Waals surface area (Å²) in [6, 6.07) is 0. The lowest BCUT2D eigenvalue weighted by Crippen LogP contribution is -2.43. The maximum Gasteiger partial charge on any atom is 0.0683 e. The van der Waals surface area contributed by atoms with Gasteiger partial charge in [0, 0.05) is 12.0 Å². The van der Waals surface area contributed by atoms with Crippen LogP contribution in [0.15, 0.2) is 0 Å². The van der Waals surface area contributed by atoms with E-state index in [2.05, 4.69) is 27.7 Å². The van der Waals surface area contributed by atoms with Crippen LogP contribution < -0.4 is 0 Å². The molecule has 2 rings (SSSR count). The molecular formula is C14H26O. The maximum absolute atomic E-state index is 5.93. The van der Waals surface area contributed by atoms with E-state index in [1.807, 2.05) is 0 Å². The van der Waals surface area contributed by atoms with Gasteiger partial charge in [0.1, 0.15) is 0 Å². The van der Waals surface area contributed by atoms with Gasteiger partial charge in [0.15, 0.2) is 0 Å². The molecule has 2 aliphatic rings. The van der Waals surface area contributed by atoms with E-state index in [1.54, 1.807) is 0 Å². The first kappa shape index (κ1) is 11.4. The highest BCUT2D eigenvalue weighted by Gasteiger charge is 2.51. The molecule has 1 saturated carbocycles. The quantitative estimate of drug-likeness (QED) is 0.635. The van der Waals surface area contributed by atoms with Gasteiger partial charge in [0.05, 0.1) is 5.60 Å². The van der Waals surface area contributed by atoms with E-state index in [9.17, 15) is 0 Å². The van der Waals surface area contributed by atoms with Crippen LogP contribution in [0.5, 0.6) is 0 Å². The topological polar surface area (TPSA) is 9.23 Å². The minimum absolute atomic E-state index is 0.134. The summed E-state index contributed by atoms with van der Waals surface area (Å²) in [5.41, 5.74) is 0.646. The fourth-order valence-electron chi connectivity index (χ4n) is 3.67. The molecule has 1 aliphatic carbocycles. The van der Waals surface area contributed by atoms with Gasteiger partial charge in [-0.3, -0.25) is 0 Å². The molecule has 0 N–H and O–H groups in total. The summed E-state index contributed by atoms with van der Waals surface area (Å²) in [6.45, 7) is 10.3. The summed E-state index contributed by atoms with van der Waals surface area (Å²) in [5, 5.41) is 0. The van der Waals surface area contributed by atoms with E-state index in [-0.39, 0.29) is 5.60 Å². The van der Waals surface area contributed by atoms with E-state index in [1.165, 1.54) is 32.1 Å². The molecule has 1 saturated heterocycles. The van der Waals surface area contributed by atoms with Gasteiger partial charge in [-0.25, -0.2) is 0 Å². The van der Waals surface area contributed by atoms with Crippen molar-refractivity contribution in [3.8, 4) is 0 Å². The molecule has 88 valence electrons. The lowest BCUT2D eigenvalue weighted by atomic mass is 9.61. The monoisotopic (exact) mass is 210 g/mol. The first-order valence-electron chi connectivity index (χ1n) is 6.61. The van der Waals surface area contributed by atoms with Crippen molar-refractivity contribution in [3.63, 3.8) is 0 Å². The summed E-state index contributed by atoms with van der Waals surface area (Å²) in [6.07, 6.45) is 6.92. The second kappa shape index (κ2) is 3.76. The minimum atomic E-state index is 0.134. The van der Waals surface area contributed by atoms with E-state index in [0.717, 1.165) is 18.4 Å². The van der Waals surface area contributed by atoms with E-state index in [4.69, 9.17) is 4.74 Å². The number of ether oxygens (including phenoxy) is 1. The second-order valence-corrected chi connectivity index (χ2v) is 6.47. The predicted octanol–water partition coefficient (Wildman–Crippen LogP) is 4.02. The van der Waals surface area contributed by atoms with Gasteiger partial charge < -0.3 is 4.74 Å². The van der Waals surface area contributed by atoms with E-state index in [0.29, 0.717) is 5.41 Å². The Morgan fingerprint density at radius 2 is 1.67 bits per heavy atom. The van der Waals surface area contributed by atoms with Crippen LogP contribution in [-0.4, -0.2) is 12.2 Å². The lowest BCUT2D eigenvalue weighted by molar-refractivity contribution is -0.0571. The minimum Gasteiger partial charge on any atom is -0.375 e. The Hall–Kier alpha value is -0.0400. The van der Waals surface area contributed by atoms with Gasteiger partial charge in [-0.15, -0.1) is 0 Å². The van der Waals surface area contributed by atoms with Crippen LogP contribution in [0, 0.1) is 17.3 Å². The molecule has 2 fully saturated rings. The highest BCUT2D eigenvalue weighted by Crippen LogP contribution is 2.54. The smallest absolute Gasteiger partial charge is 0.0683 e. The molecule has 0 aromatic carbocycles. The van der Waals surface area contributed by atoms with Crippen LogP contribution in [0.2, 0.25) is 0 Å². The van der Waals surface area contributed by atoms with Crippen molar-refractivity contribution in [3.05, 3.63) is 0 Å². The summed E-state index contributed by atoms with van der Waals surface area (Å²) >= 11 is 0. The maximum atomic E-state index is 5.93. The van der Waals surface area contributed by atoms with Gasteiger partial charge >= 0.3 is 0 Å². The zero-order valence-electron chi connectivity index (χ0n) is 10.8. The van der Waals surface area contributed by atoms with E-state index >= 15 is 0 Å². The van der Waals surface area contributed by atoms with Gasteiger partial charge in [-0.2, -0.15) is 0 Å². The zero-order valence-corrected chi connectivity index (χ0v) is 10.8. The molecular weight excluding hydrogens is 184 g/mol. The molecule has 1 heteroatoms. The van der Waals surface area contributed by atoms with Crippen LogP contribution in [0.25, 0.3) is 0 Å². The fourth-order valence-corrected chi connectivity index (χ4v) is 3.67. The number of rotatable bonds is 1. The standard InChI is InChI=1S/C14H26O/c1-11(2)12-5-7-14(8-6-12)9-10-15-13(14,3)4/h11-12H,5-10H2,1-4H3. The molecule has 0 amide bonds. The fraction of sp³-hybridized carbons (Fsp3) is 1.00. The second-order valence-electron chi connectivity index (χ2n) is 6.47. The molecule has 0 radical (unpaired) electrons. The highest BCUT2D eigenvalue weighted by atomic mass is 16.5. The van der Waals surface area contributed by atoms with Gasteiger partial charge in [-0.05, 0) is 57.8 Å². The summed E-state index contributed by atoms with van der Waals surface area (Å²) < 4.78 is 5.93. The zero-order chi connectivity index (χ0) is 11.1. The predicted molar refractivity (Wildman–Crippen MR) is 63.9 cm³/mol. The largest absolute Gasteiger partial charge is 0.375 e. The van der Waals surface area contributed by atoms with Crippen molar-refractivity contribution in [1.29, 1.82) is 0 Å². The van der Waals surface area contributed by atoms with E-state index < -0.39 is 0 Å². The molecule has 0 aromatic heterocycles. The van der Waals surface area contributed by atoms with Gasteiger partial charge in [0.2, 0.25) is 0 Å². The van der Waals surface area contributed by atoms with Crippen LogP contribution in [0.3, 0.4) is 0 Å². The van der Waals surface area contributed by atoms with Crippen LogP contribution in [0.1, 0.15) is 59.8 Å². The third kappa shape index (κ3) is 1.84. The molecule has 1 heterocycles. The average molecular weight is 210 g/mol. The normalized spacial score (nSPS) is 40.2. The van der Waals surface area contributed by atoms with Crippen molar-refractivity contribution < 1.29 is 4.74 Å². The number of hydrogen-bond donors (Lipinski definition) is 0. The molecule has 1 aliphatic heterocycles. The summed E-state index contributed by atoms with van der Waals surface area (Å²) in [7, 11) is 0. The Morgan fingerprint density at radius 3 is 2.07 bits per heavy atom. The first-order valence-corrected chi connectivity index (χ1v) is 6.61.